The minimum atomic E-state index is -2.70. The van der Waals surface area contributed by atoms with E-state index in [9.17, 15) is 13.2 Å². The number of rotatable bonds is 3. The maximum absolute atomic E-state index is 13.8. The van der Waals surface area contributed by atoms with Crippen molar-refractivity contribution in [2.24, 2.45) is 5.92 Å². The van der Waals surface area contributed by atoms with Crippen LogP contribution in [0.3, 0.4) is 0 Å². The SMILES string of the molecule is CC(C)n1c(N2CCC(F)(F)C2)nc2c(F)cccc21.CCC(C)C. The van der Waals surface area contributed by atoms with Gasteiger partial charge in [-0.05, 0) is 31.9 Å². The minimum absolute atomic E-state index is 0.0195. The zero-order chi connectivity index (χ0) is 18.8. The van der Waals surface area contributed by atoms with Gasteiger partial charge < -0.3 is 9.47 Å². The first-order valence-electron chi connectivity index (χ1n) is 8.95. The summed E-state index contributed by atoms with van der Waals surface area (Å²) < 4.78 is 42.4. The van der Waals surface area contributed by atoms with E-state index >= 15 is 0 Å². The zero-order valence-electron chi connectivity index (χ0n) is 15.7. The summed E-state index contributed by atoms with van der Waals surface area (Å²) in [6.45, 7) is 10.4. The predicted octanol–water partition coefficient (Wildman–Crippen LogP) is 5.65. The number of halogens is 3. The summed E-state index contributed by atoms with van der Waals surface area (Å²) in [6.07, 6.45) is 1.12. The van der Waals surface area contributed by atoms with Gasteiger partial charge >= 0.3 is 0 Å². The molecular formula is C19H28F3N3. The van der Waals surface area contributed by atoms with Crippen LogP contribution in [0.1, 0.15) is 53.5 Å². The van der Waals surface area contributed by atoms with Gasteiger partial charge in [-0.3, -0.25) is 0 Å². The molecule has 1 fully saturated rings. The minimum Gasteiger partial charge on any atom is -0.336 e. The third kappa shape index (κ3) is 4.47. The molecule has 1 aliphatic rings. The third-order valence-corrected chi connectivity index (χ3v) is 4.44. The van der Waals surface area contributed by atoms with Gasteiger partial charge in [-0.15, -0.1) is 0 Å². The van der Waals surface area contributed by atoms with Crippen LogP contribution in [0.2, 0.25) is 0 Å². The second-order valence-electron chi connectivity index (χ2n) is 7.31. The van der Waals surface area contributed by atoms with E-state index in [0.29, 0.717) is 11.5 Å². The van der Waals surface area contributed by atoms with Crippen LogP contribution in [0.25, 0.3) is 11.0 Å². The maximum Gasteiger partial charge on any atom is 0.267 e. The van der Waals surface area contributed by atoms with Gasteiger partial charge in [-0.1, -0.05) is 33.3 Å². The van der Waals surface area contributed by atoms with Crippen molar-refractivity contribution in [2.75, 3.05) is 18.0 Å². The number of aromatic nitrogens is 2. The maximum atomic E-state index is 13.8. The average molecular weight is 355 g/mol. The molecule has 3 nitrogen and oxygen atoms in total. The van der Waals surface area contributed by atoms with Crippen molar-refractivity contribution in [1.29, 1.82) is 0 Å². The molecule has 0 radical (unpaired) electrons. The Morgan fingerprint density at radius 3 is 2.32 bits per heavy atom. The predicted molar refractivity (Wildman–Crippen MR) is 97.0 cm³/mol. The molecule has 0 spiro atoms. The lowest BCUT2D eigenvalue weighted by molar-refractivity contribution is 0.0256. The van der Waals surface area contributed by atoms with Crippen molar-refractivity contribution >= 4 is 17.0 Å². The molecule has 1 aliphatic heterocycles. The van der Waals surface area contributed by atoms with Crippen molar-refractivity contribution in [3.8, 4) is 0 Å². The molecule has 1 aromatic carbocycles. The highest BCUT2D eigenvalue weighted by Gasteiger charge is 2.40. The topological polar surface area (TPSA) is 21.1 Å². The van der Waals surface area contributed by atoms with Gasteiger partial charge in [-0.2, -0.15) is 0 Å². The molecule has 0 amide bonds. The van der Waals surface area contributed by atoms with Gasteiger partial charge in [0.2, 0.25) is 5.95 Å². The first kappa shape index (κ1) is 19.6. The number of nitrogens with zero attached hydrogens (tertiary/aromatic N) is 3. The monoisotopic (exact) mass is 355 g/mol. The van der Waals surface area contributed by atoms with Crippen molar-refractivity contribution in [3.05, 3.63) is 24.0 Å². The number of imidazole rings is 1. The van der Waals surface area contributed by atoms with Gasteiger partial charge in [0, 0.05) is 19.0 Å². The summed E-state index contributed by atoms with van der Waals surface area (Å²) in [5.74, 6) is -1.81. The van der Waals surface area contributed by atoms with Crippen molar-refractivity contribution in [2.45, 2.75) is 59.4 Å². The quantitative estimate of drug-likeness (QED) is 0.709. The van der Waals surface area contributed by atoms with Crippen LogP contribution in [0.4, 0.5) is 19.1 Å². The molecule has 0 unspecified atom stereocenters. The van der Waals surface area contributed by atoms with Crippen LogP contribution in [-0.2, 0) is 0 Å². The molecule has 1 aromatic heterocycles. The van der Waals surface area contributed by atoms with Crippen LogP contribution in [-0.4, -0.2) is 28.6 Å². The fraction of sp³-hybridized carbons (Fsp3) is 0.632. The first-order chi connectivity index (χ1) is 11.7. The van der Waals surface area contributed by atoms with Crippen LogP contribution < -0.4 is 4.90 Å². The lowest BCUT2D eigenvalue weighted by atomic mass is 10.2. The molecule has 2 aromatic rings. The first-order valence-corrected chi connectivity index (χ1v) is 8.95. The number of hydrogen-bond donors (Lipinski definition) is 0. The van der Waals surface area contributed by atoms with Crippen LogP contribution in [0.15, 0.2) is 18.2 Å². The number of para-hydroxylation sites is 1. The Labute approximate surface area is 147 Å². The average Bonchev–Trinajstić information content (AvgIpc) is 3.08. The molecular weight excluding hydrogens is 327 g/mol. The summed E-state index contributed by atoms with van der Waals surface area (Å²) in [5.41, 5.74) is 0.886. The van der Waals surface area contributed by atoms with Gasteiger partial charge in [0.25, 0.3) is 5.92 Å². The molecule has 2 heterocycles. The molecule has 6 heteroatoms. The number of fused-ring (bicyclic) bond motifs is 1. The van der Waals surface area contributed by atoms with E-state index in [1.54, 1.807) is 17.0 Å². The van der Waals surface area contributed by atoms with E-state index in [2.05, 4.69) is 25.8 Å². The zero-order valence-corrected chi connectivity index (χ0v) is 15.7. The fourth-order valence-electron chi connectivity index (χ4n) is 2.71. The van der Waals surface area contributed by atoms with Gasteiger partial charge in [0.15, 0.2) is 5.82 Å². The van der Waals surface area contributed by atoms with Crippen molar-refractivity contribution < 1.29 is 13.2 Å². The van der Waals surface area contributed by atoms with Crippen LogP contribution in [0.5, 0.6) is 0 Å². The second kappa shape index (κ2) is 7.67. The number of hydrogen-bond acceptors (Lipinski definition) is 2. The fourth-order valence-corrected chi connectivity index (χ4v) is 2.71. The second-order valence-corrected chi connectivity index (χ2v) is 7.31. The highest BCUT2D eigenvalue weighted by Crippen LogP contribution is 2.34. The lowest BCUT2D eigenvalue weighted by Gasteiger charge is -2.21. The smallest absolute Gasteiger partial charge is 0.267 e. The Bertz CT molecular complexity index is 707. The lowest BCUT2D eigenvalue weighted by Crippen LogP contribution is -2.27. The molecule has 0 saturated carbocycles. The summed E-state index contributed by atoms with van der Waals surface area (Å²) in [6, 6.07) is 4.73. The summed E-state index contributed by atoms with van der Waals surface area (Å²) >= 11 is 0. The van der Waals surface area contributed by atoms with E-state index in [0.717, 1.165) is 5.92 Å². The number of alkyl halides is 2. The Kier molecular flexibility index (Phi) is 6.01. The summed E-state index contributed by atoms with van der Waals surface area (Å²) in [4.78, 5) is 5.80. The summed E-state index contributed by atoms with van der Waals surface area (Å²) in [7, 11) is 0. The molecule has 140 valence electrons. The van der Waals surface area contributed by atoms with E-state index in [4.69, 9.17) is 0 Å². The van der Waals surface area contributed by atoms with E-state index < -0.39 is 11.7 Å². The number of benzene rings is 1. The highest BCUT2D eigenvalue weighted by molar-refractivity contribution is 5.79. The van der Waals surface area contributed by atoms with Gasteiger partial charge in [-0.25, -0.2) is 18.2 Å². The highest BCUT2D eigenvalue weighted by atomic mass is 19.3. The van der Waals surface area contributed by atoms with Crippen molar-refractivity contribution in [1.82, 2.24) is 9.55 Å². The Balaban J connectivity index is 0.000000399. The largest absolute Gasteiger partial charge is 0.336 e. The normalized spacial score (nSPS) is 16.6. The Morgan fingerprint density at radius 2 is 1.84 bits per heavy atom. The molecule has 0 atom stereocenters. The van der Waals surface area contributed by atoms with Gasteiger partial charge in [0.05, 0.1) is 12.1 Å². The Hall–Kier alpha value is -1.72. The molecule has 0 bridgehead atoms. The third-order valence-electron chi connectivity index (χ3n) is 4.44. The molecule has 0 aliphatic carbocycles. The molecule has 25 heavy (non-hydrogen) atoms. The van der Waals surface area contributed by atoms with Gasteiger partial charge in [0.1, 0.15) is 5.52 Å². The Morgan fingerprint density at radius 1 is 1.20 bits per heavy atom. The summed E-state index contributed by atoms with van der Waals surface area (Å²) in [5, 5.41) is 0. The van der Waals surface area contributed by atoms with E-state index in [1.807, 2.05) is 18.4 Å². The number of anilines is 1. The molecule has 1 saturated heterocycles. The van der Waals surface area contributed by atoms with E-state index in [-0.39, 0.29) is 31.1 Å². The molecule has 0 N–H and O–H groups in total. The van der Waals surface area contributed by atoms with Crippen molar-refractivity contribution in [3.63, 3.8) is 0 Å². The standard InChI is InChI=1S/C14H16F3N3.C5H12/c1-9(2)20-11-5-3-4-10(15)12(11)18-13(20)19-7-6-14(16,17)8-19;1-4-5(2)3/h3-5,9H,6-8H2,1-2H3;5H,4H2,1-3H3. The molecule has 3 rings (SSSR count). The van der Waals surface area contributed by atoms with Crippen LogP contribution >= 0.6 is 0 Å². The van der Waals surface area contributed by atoms with E-state index in [1.165, 1.54) is 12.5 Å². The van der Waals surface area contributed by atoms with Crippen LogP contribution in [0, 0.1) is 11.7 Å².